The summed E-state index contributed by atoms with van der Waals surface area (Å²) in [6, 6.07) is 0. The van der Waals surface area contributed by atoms with Gasteiger partial charge in [-0.2, -0.15) is 0 Å². The minimum absolute atomic E-state index is 0.0997. The van der Waals surface area contributed by atoms with E-state index in [1.54, 1.807) is 0 Å². The van der Waals surface area contributed by atoms with Crippen LogP contribution in [-0.2, 0) is 9.53 Å². The van der Waals surface area contributed by atoms with E-state index in [-0.39, 0.29) is 5.41 Å². The number of ether oxygens (including phenoxy) is 1. The zero-order chi connectivity index (χ0) is 11.6. The Morgan fingerprint density at radius 3 is 2.00 bits per heavy atom. The van der Waals surface area contributed by atoms with E-state index in [4.69, 9.17) is 9.84 Å². The van der Waals surface area contributed by atoms with E-state index in [1.165, 1.54) is 6.92 Å². The lowest BCUT2D eigenvalue weighted by Gasteiger charge is -2.32. The van der Waals surface area contributed by atoms with Crippen molar-refractivity contribution in [1.82, 2.24) is 0 Å². The van der Waals surface area contributed by atoms with Gasteiger partial charge in [-0.15, -0.1) is 0 Å². The first-order valence-corrected chi connectivity index (χ1v) is 4.94. The third-order valence-corrected chi connectivity index (χ3v) is 1.67. The predicted octanol–water partition coefficient (Wildman–Crippen LogP) is 2.13. The average Bonchev–Trinajstić information content (AvgIpc) is 1.78. The van der Waals surface area contributed by atoms with Crippen molar-refractivity contribution in [2.45, 2.75) is 59.7 Å². The molecule has 0 saturated carbocycles. The van der Waals surface area contributed by atoms with Gasteiger partial charge in [0.2, 0.25) is 0 Å². The molecule has 1 unspecified atom stereocenters. The van der Waals surface area contributed by atoms with Crippen LogP contribution in [0.1, 0.15) is 48.0 Å². The summed E-state index contributed by atoms with van der Waals surface area (Å²) in [7, 11) is 0. The number of hydrogen-bond acceptors (Lipinski definition) is 3. The normalized spacial score (nSPS) is 15.1. The Morgan fingerprint density at radius 1 is 1.29 bits per heavy atom. The molecule has 0 radical (unpaired) electrons. The highest BCUT2D eigenvalue weighted by Crippen LogP contribution is 2.29. The van der Waals surface area contributed by atoms with Crippen LogP contribution in [0.15, 0.2) is 0 Å². The number of carbonyl (C=O) groups excluding carboxylic acids is 1. The minimum Gasteiger partial charge on any atom is -0.458 e. The zero-order valence-corrected chi connectivity index (χ0v) is 10.0. The lowest BCUT2D eigenvalue weighted by Crippen LogP contribution is -2.36. The molecule has 0 fully saturated rings. The summed E-state index contributed by atoms with van der Waals surface area (Å²) in [5, 5.41) is 9.01. The first kappa shape index (κ1) is 13.4. The van der Waals surface area contributed by atoms with Crippen LogP contribution in [0.4, 0.5) is 0 Å². The van der Waals surface area contributed by atoms with Crippen LogP contribution in [0, 0.1) is 5.41 Å². The highest BCUT2D eigenvalue weighted by molar-refractivity contribution is 5.74. The summed E-state index contributed by atoms with van der Waals surface area (Å²) in [6.07, 6.45) is -0.285. The van der Waals surface area contributed by atoms with Crippen molar-refractivity contribution >= 4 is 5.97 Å². The number of hydrogen-bond donors (Lipinski definition) is 1. The summed E-state index contributed by atoms with van der Waals surface area (Å²) in [5.41, 5.74) is -0.422. The number of aliphatic hydroxyl groups is 1. The molecule has 0 aliphatic heterocycles. The van der Waals surface area contributed by atoms with Gasteiger partial charge in [0.1, 0.15) is 11.7 Å². The molecule has 1 atom stereocenters. The second kappa shape index (κ2) is 4.30. The Labute approximate surface area is 86.5 Å². The highest BCUT2D eigenvalue weighted by atomic mass is 16.6. The maximum atomic E-state index is 11.2. The fourth-order valence-corrected chi connectivity index (χ4v) is 1.67. The Kier molecular flexibility index (Phi) is 4.13. The number of aliphatic hydroxyl groups excluding tert-OH is 1. The molecule has 0 amide bonds. The molecule has 0 heterocycles. The van der Waals surface area contributed by atoms with Gasteiger partial charge in [-0.3, -0.25) is 0 Å². The van der Waals surface area contributed by atoms with Crippen LogP contribution in [0.2, 0.25) is 0 Å². The maximum absolute atomic E-state index is 11.2. The topological polar surface area (TPSA) is 46.5 Å². The van der Waals surface area contributed by atoms with Gasteiger partial charge >= 0.3 is 5.97 Å². The van der Waals surface area contributed by atoms with Gasteiger partial charge in [0.25, 0.3) is 0 Å². The van der Waals surface area contributed by atoms with Crippen LogP contribution in [0.3, 0.4) is 0 Å². The maximum Gasteiger partial charge on any atom is 0.335 e. The van der Waals surface area contributed by atoms with Crippen LogP contribution in [-0.4, -0.2) is 22.8 Å². The molecule has 0 spiro atoms. The molecule has 14 heavy (non-hydrogen) atoms. The smallest absolute Gasteiger partial charge is 0.335 e. The van der Waals surface area contributed by atoms with Crippen molar-refractivity contribution in [2.75, 3.05) is 0 Å². The SMILES string of the molecule is CC(O)C(=O)OC(C)(C)CC(C)(C)C. The largest absolute Gasteiger partial charge is 0.458 e. The molecule has 0 aliphatic carbocycles. The Hall–Kier alpha value is -0.570. The highest BCUT2D eigenvalue weighted by Gasteiger charge is 2.30. The van der Waals surface area contributed by atoms with Gasteiger partial charge in [0.15, 0.2) is 0 Å². The third-order valence-electron chi connectivity index (χ3n) is 1.67. The fourth-order valence-electron chi connectivity index (χ4n) is 1.67. The third kappa shape index (κ3) is 5.97. The summed E-state index contributed by atoms with van der Waals surface area (Å²) in [5.74, 6) is -0.556. The average molecular weight is 202 g/mol. The van der Waals surface area contributed by atoms with Gasteiger partial charge < -0.3 is 9.84 Å². The molecular weight excluding hydrogens is 180 g/mol. The summed E-state index contributed by atoms with van der Waals surface area (Å²) in [6.45, 7) is 11.4. The van der Waals surface area contributed by atoms with Crippen LogP contribution >= 0.6 is 0 Å². The van der Waals surface area contributed by atoms with E-state index in [0.29, 0.717) is 0 Å². The summed E-state index contributed by atoms with van der Waals surface area (Å²) >= 11 is 0. The van der Waals surface area contributed by atoms with Gasteiger partial charge in [-0.1, -0.05) is 20.8 Å². The lowest BCUT2D eigenvalue weighted by atomic mass is 9.83. The molecule has 0 aromatic rings. The first-order chi connectivity index (χ1) is 6.03. The molecule has 3 heteroatoms. The Morgan fingerprint density at radius 2 is 1.71 bits per heavy atom. The Bertz CT molecular complexity index is 199. The first-order valence-electron chi connectivity index (χ1n) is 4.94. The van der Waals surface area contributed by atoms with Crippen LogP contribution in [0.25, 0.3) is 0 Å². The van der Waals surface area contributed by atoms with Gasteiger partial charge in [-0.25, -0.2) is 4.79 Å². The number of carbonyl (C=O) groups is 1. The molecule has 3 nitrogen and oxygen atoms in total. The van der Waals surface area contributed by atoms with E-state index < -0.39 is 17.7 Å². The Balaban J connectivity index is 4.28. The molecule has 0 aromatic carbocycles. The van der Waals surface area contributed by atoms with Crippen molar-refractivity contribution in [1.29, 1.82) is 0 Å². The monoisotopic (exact) mass is 202 g/mol. The molecule has 0 bridgehead atoms. The molecule has 1 N–H and O–H groups in total. The lowest BCUT2D eigenvalue weighted by molar-refractivity contribution is -0.168. The van der Waals surface area contributed by atoms with Crippen molar-refractivity contribution < 1.29 is 14.6 Å². The predicted molar refractivity (Wildman–Crippen MR) is 55.9 cm³/mol. The fraction of sp³-hybridized carbons (Fsp3) is 0.909. The van der Waals surface area contributed by atoms with Crippen molar-refractivity contribution in [3.63, 3.8) is 0 Å². The van der Waals surface area contributed by atoms with Crippen LogP contribution < -0.4 is 0 Å². The molecule has 0 rings (SSSR count). The van der Waals surface area contributed by atoms with E-state index in [1.807, 2.05) is 13.8 Å². The van der Waals surface area contributed by atoms with Crippen molar-refractivity contribution in [2.24, 2.45) is 5.41 Å². The summed E-state index contributed by atoms with van der Waals surface area (Å²) < 4.78 is 5.19. The molecule has 84 valence electrons. The summed E-state index contributed by atoms with van der Waals surface area (Å²) in [4.78, 5) is 11.2. The van der Waals surface area contributed by atoms with Gasteiger partial charge in [-0.05, 0) is 32.6 Å². The van der Waals surface area contributed by atoms with Gasteiger partial charge in [0.05, 0.1) is 0 Å². The molecule has 0 saturated heterocycles. The van der Waals surface area contributed by atoms with Crippen molar-refractivity contribution in [3.8, 4) is 0 Å². The molecular formula is C11H22O3. The quantitative estimate of drug-likeness (QED) is 0.713. The number of rotatable bonds is 3. The second-order valence-electron chi connectivity index (χ2n) is 5.59. The van der Waals surface area contributed by atoms with Crippen molar-refractivity contribution in [3.05, 3.63) is 0 Å². The minimum atomic E-state index is -1.05. The van der Waals surface area contributed by atoms with E-state index in [0.717, 1.165) is 6.42 Å². The zero-order valence-electron chi connectivity index (χ0n) is 10.0. The standard InChI is InChI=1S/C11H22O3/c1-8(12)9(13)14-11(5,6)7-10(2,3)4/h8,12H,7H2,1-6H3. The van der Waals surface area contributed by atoms with Gasteiger partial charge in [0, 0.05) is 0 Å². The molecule has 0 aliphatic rings. The second-order valence-corrected chi connectivity index (χ2v) is 5.59. The van der Waals surface area contributed by atoms with E-state index >= 15 is 0 Å². The van der Waals surface area contributed by atoms with Crippen LogP contribution in [0.5, 0.6) is 0 Å². The van der Waals surface area contributed by atoms with E-state index in [9.17, 15) is 4.79 Å². The molecule has 0 aromatic heterocycles. The number of esters is 1. The van der Waals surface area contributed by atoms with E-state index in [2.05, 4.69) is 20.8 Å².